The Hall–Kier alpha value is -3.19. The quantitative estimate of drug-likeness (QED) is 0.774. The van der Waals surface area contributed by atoms with Crippen LogP contribution in [-0.2, 0) is 19.1 Å². The fourth-order valence-electron chi connectivity index (χ4n) is 1.99. The molecule has 0 heterocycles. The molecule has 0 aliphatic heterocycles. The maximum atomic E-state index is 11.8. The van der Waals surface area contributed by atoms with Crippen LogP contribution in [0.1, 0.15) is 22.0 Å². The molecule has 2 aromatic rings. The smallest absolute Gasteiger partial charge is 0.340 e. The Balaban J connectivity index is 1.84. The van der Waals surface area contributed by atoms with Gasteiger partial charge in [0.25, 0.3) is 5.91 Å². The van der Waals surface area contributed by atoms with E-state index in [0.717, 1.165) is 0 Å². The lowest BCUT2D eigenvalue weighted by atomic mass is 10.1. The average molecular weight is 343 g/mol. The molecule has 25 heavy (non-hydrogen) atoms. The van der Waals surface area contributed by atoms with Crippen molar-refractivity contribution in [3.8, 4) is 0 Å². The van der Waals surface area contributed by atoms with Crippen molar-refractivity contribution in [2.75, 3.05) is 19.0 Å². The van der Waals surface area contributed by atoms with E-state index < -0.39 is 30.6 Å². The number of anilines is 1. The third-order valence-corrected chi connectivity index (χ3v) is 3.27. The summed E-state index contributed by atoms with van der Waals surface area (Å²) in [5.74, 6) is -1.97. The molecule has 0 saturated heterocycles. The van der Waals surface area contributed by atoms with Crippen molar-refractivity contribution in [1.82, 2.24) is 0 Å². The number of nitrogens with one attached hydrogen (secondary N) is 1. The summed E-state index contributed by atoms with van der Waals surface area (Å²) >= 11 is 0. The first kappa shape index (κ1) is 18.2. The van der Waals surface area contributed by atoms with E-state index in [2.05, 4.69) is 10.1 Å². The number of rotatable bonds is 6. The van der Waals surface area contributed by atoms with Gasteiger partial charge in [-0.05, 0) is 29.8 Å². The van der Waals surface area contributed by atoms with Crippen LogP contribution in [0, 0.1) is 0 Å². The molecule has 0 bridgehead atoms. The van der Waals surface area contributed by atoms with Crippen molar-refractivity contribution in [3.05, 3.63) is 65.7 Å². The van der Waals surface area contributed by atoms with Crippen molar-refractivity contribution < 1.29 is 29.0 Å². The summed E-state index contributed by atoms with van der Waals surface area (Å²) in [5.41, 5.74) is 1.15. The second-order valence-corrected chi connectivity index (χ2v) is 5.04. The lowest BCUT2D eigenvalue weighted by molar-refractivity contribution is -0.156. The standard InChI is InChI=1S/C18H17NO6/c1-24-17(22)13-7-9-14(10-8-13)19-15(20)11-25-18(23)16(21)12-5-3-2-4-6-12/h2-10,16,21H,11H2,1H3,(H,19,20)/t16-/m1/s1. The Morgan fingerprint density at radius 3 is 2.28 bits per heavy atom. The molecule has 1 atom stereocenters. The number of aliphatic hydroxyl groups excluding tert-OH is 1. The molecule has 1 amide bonds. The Labute approximate surface area is 144 Å². The highest BCUT2D eigenvalue weighted by molar-refractivity contribution is 5.94. The molecular weight excluding hydrogens is 326 g/mol. The summed E-state index contributed by atoms with van der Waals surface area (Å²) in [6, 6.07) is 14.3. The Morgan fingerprint density at radius 1 is 1.04 bits per heavy atom. The number of aliphatic hydroxyl groups is 1. The van der Waals surface area contributed by atoms with E-state index in [1.165, 1.54) is 31.4 Å². The lowest BCUT2D eigenvalue weighted by Crippen LogP contribution is -2.24. The molecule has 0 fully saturated rings. The van der Waals surface area contributed by atoms with Gasteiger partial charge in [0.2, 0.25) is 0 Å². The first-order valence-electron chi connectivity index (χ1n) is 7.39. The first-order valence-corrected chi connectivity index (χ1v) is 7.39. The maximum absolute atomic E-state index is 11.8. The van der Waals surface area contributed by atoms with Gasteiger partial charge in [-0.2, -0.15) is 0 Å². The summed E-state index contributed by atoms with van der Waals surface area (Å²) < 4.78 is 9.37. The SMILES string of the molecule is COC(=O)c1ccc(NC(=O)COC(=O)[C@H](O)c2ccccc2)cc1. The van der Waals surface area contributed by atoms with E-state index in [1.807, 2.05) is 0 Å². The minimum absolute atomic E-state index is 0.345. The third kappa shape index (κ3) is 5.15. The minimum atomic E-state index is -1.45. The molecule has 0 spiro atoms. The van der Waals surface area contributed by atoms with E-state index in [0.29, 0.717) is 16.8 Å². The highest BCUT2D eigenvalue weighted by Gasteiger charge is 2.19. The van der Waals surface area contributed by atoms with Gasteiger partial charge in [0, 0.05) is 5.69 Å². The van der Waals surface area contributed by atoms with Crippen molar-refractivity contribution >= 4 is 23.5 Å². The van der Waals surface area contributed by atoms with Crippen molar-refractivity contribution in [2.24, 2.45) is 0 Å². The van der Waals surface area contributed by atoms with Crippen LogP contribution >= 0.6 is 0 Å². The third-order valence-electron chi connectivity index (χ3n) is 3.27. The number of methoxy groups -OCH3 is 1. The Morgan fingerprint density at radius 2 is 1.68 bits per heavy atom. The molecule has 0 unspecified atom stereocenters. The number of hydrogen-bond acceptors (Lipinski definition) is 6. The highest BCUT2D eigenvalue weighted by Crippen LogP contribution is 2.14. The van der Waals surface area contributed by atoms with Gasteiger partial charge in [0.1, 0.15) is 0 Å². The lowest BCUT2D eigenvalue weighted by Gasteiger charge is -2.11. The van der Waals surface area contributed by atoms with Gasteiger partial charge in [-0.1, -0.05) is 30.3 Å². The first-order chi connectivity index (χ1) is 12.0. The molecular formula is C18H17NO6. The minimum Gasteiger partial charge on any atom is -0.465 e. The summed E-state index contributed by atoms with van der Waals surface area (Å²) in [7, 11) is 1.27. The van der Waals surface area contributed by atoms with Crippen LogP contribution in [0.2, 0.25) is 0 Å². The van der Waals surface area contributed by atoms with Crippen molar-refractivity contribution in [1.29, 1.82) is 0 Å². The normalized spacial score (nSPS) is 11.3. The fourth-order valence-corrected chi connectivity index (χ4v) is 1.99. The van der Waals surface area contributed by atoms with Crippen molar-refractivity contribution in [2.45, 2.75) is 6.10 Å². The summed E-state index contributed by atoms with van der Waals surface area (Å²) in [6.45, 7) is -0.540. The van der Waals surface area contributed by atoms with E-state index in [9.17, 15) is 19.5 Å². The van der Waals surface area contributed by atoms with Gasteiger partial charge in [0.15, 0.2) is 12.7 Å². The molecule has 0 saturated carbocycles. The highest BCUT2D eigenvalue weighted by atomic mass is 16.5. The van der Waals surface area contributed by atoms with Gasteiger partial charge in [-0.25, -0.2) is 9.59 Å². The number of benzene rings is 2. The predicted octanol–water partition coefficient (Wildman–Crippen LogP) is 1.69. The van der Waals surface area contributed by atoms with Crippen LogP contribution in [0.5, 0.6) is 0 Å². The number of hydrogen-bond donors (Lipinski definition) is 2. The summed E-state index contributed by atoms with van der Waals surface area (Å²) in [5, 5.41) is 12.4. The van der Waals surface area contributed by atoms with Gasteiger partial charge in [-0.3, -0.25) is 4.79 Å². The monoisotopic (exact) mass is 343 g/mol. The largest absolute Gasteiger partial charge is 0.465 e. The Bertz CT molecular complexity index is 742. The maximum Gasteiger partial charge on any atom is 0.340 e. The fraction of sp³-hybridized carbons (Fsp3) is 0.167. The number of ether oxygens (including phenoxy) is 2. The van der Waals surface area contributed by atoms with Gasteiger partial charge in [-0.15, -0.1) is 0 Å². The molecule has 2 rings (SSSR count). The molecule has 7 nitrogen and oxygen atoms in total. The van der Waals surface area contributed by atoms with E-state index in [1.54, 1.807) is 30.3 Å². The molecule has 0 radical (unpaired) electrons. The van der Waals surface area contributed by atoms with Crippen molar-refractivity contribution in [3.63, 3.8) is 0 Å². The number of amides is 1. The second kappa shape index (κ2) is 8.60. The van der Waals surface area contributed by atoms with E-state index >= 15 is 0 Å². The van der Waals surface area contributed by atoms with Gasteiger partial charge in [0.05, 0.1) is 12.7 Å². The van der Waals surface area contributed by atoms with Crippen LogP contribution in [-0.4, -0.2) is 36.7 Å². The van der Waals surface area contributed by atoms with E-state index in [4.69, 9.17) is 4.74 Å². The van der Waals surface area contributed by atoms with Gasteiger partial charge < -0.3 is 19.9 Å². The summed E-state index contributed by atoms with van der Waals surface area (Å²) in [6.07, 6.45) is -1.45. The zero-order valence-electron chi connectivity index (χ0n) is 13.5. The van der Waals surface area contributed by atoms with Crippen LogP contribution in [0.15, 0.2) is 54.6 Å². The average Bonchev–Trinajstić information content (AvgIpc) is 2.66. The molecule has 130 valence electrons. The molecule has 2 aromatic carbocycles. The zero-order chi connectivity index (χ0) is 18.2. The molecule has 2 N–H and O–H groups in total. The van der Waals surface area contributed by atoms with Gasteiger partial charge >= 0.3 is 11.9 Å². The number of carbonyl (C=O) groups excluding carboxylic acids is 3. The number of carbonyl (C=O) groups is 3. The second-order valence-electron chi connectivity index (χ2n) is 5.04. The molecule has 0 aliphatic carbocycles. The zero-order valence-corrected chi connectivity index (χ0v) is 13.5. The Kier molecular flexibility index (Phi) is 6.25. The summed E-state index contributed by atoms with van der Waals surface area (Å²) in [4.78, 5) is 34.9. The molecule has 7 heteroatoms. The number of esters is 2. The van der Waals surface area contributed by atoms with Crippen LogP contribution in [0.3, 0.4) is 0 Å². The van der Waals surface area contributed by atoms with E-state index in [-0.39, 0.29) is 0 Å². The van der Waals surface area contributed by atoms with Crippen LogP contribution in [0.25, 0.3) is 0 Å². The van der Waals surface area contributed by atoms with Crippen LogP contribution in [0.4, 0.5) is 5.69 Å². The molecule has 0 aromatic heterocycles. The topological polar surface area (TPSA) is 102 Å². The predicted molar refractivity (Wildman–Crippen MR) is 88.8 cm³/mol. The van der Waals surface area contributed by atoms with Crippen LogP contribution < -0.4 is 5.32 Å². The molecule has 0 aliphatic rings.